The summed E-state index contributed by atoms with van der Waals surface area (Å²) >= 11 is 0. The van der Waals surface area contributed by atoms with Crippen LogP contribution in [0, 0.1) is 11.3 Å². The zero-order chi connectivity index (χ0) is 18.3. The maximum absolute atomic E-state index is 12.1. The van der Waals surface area contributed by atoms with Crippen molar-refractivity contribution in [3.8, 4) is 6.07 Å². The fourth-order valence-electron chi connectivity index (χ4n) is 2.49. The minimum Gasteiger partial charge on any atom is -0.459 e. The van der Waals surface area contributed by atoms with Gasteiger partial charge in [0.2, 0.25) is 0 Å². The van der Waals surface area contributed by atoms with Crippen molar-refractivity contribution in [1.82, 2.24) is 5.32 Å². The number of rotatable bonds is 12. The van der Waals surface area contributed by atoms with Crippen molar-refractivity contribution in [2.75, 3.05) is 40.1 Å². The van der Waals surface area contributed by atoms with Crippen molar-refractivity contribution < 1.29 is 19.0 Å². The highest BCUT2D eigenvalue weighted by atomic mass is 16.6. The molecule has 6 heteroatoms. The van der Waals surface area contributed by atoms with Gasteiger partial charge in [-0.1, -0.05) is 13.3 Å². The molecule has 0 fully saturated rings. The fraction of sp³-hybridized carbons (Fsp3) is 0.684. The number of nitrogens with one attached hydrogen (secondary N) is 1. The summed E-state index contributed by atoms with van der Waals surface area (Å²) in [5.74, 6) is -0.562. The van der Waals surface area contributed by atoms with Gasteiger partial charge in [0.05, 0.1) is 6.61 Å². The monoisotopic (exact) mass is 350 g/mol. The van der Waals surface area contributed by atoms with Crippen LogP contribution in [0.1, 0.15) is 45.4 Å². The number of hydrogen-bond donors (Lipinski definition) is 1. The minimum atomic E-state index is -0.562. The van der Waals surface area contributed by atoms with Gasteiger partial charge >= 0.3 is 5.97 Å². The third-order valence-electron chi connectivity index (χ3n) is 3.86. The molecule has 0 unspecified atom stereocenters. The highest BCUT2D eigenvalue weighted by molar-refractivity contribution is 5.94. The number of unbranched alkanes of at least 4 members (excludes halogenated alkanes) is 1. The molecule has 140 valence electrons. The zero-order valence-corrected chi connectivity index (χ0v) is 15.4. The number of hydrogen-bond acceptors (Lipinski definition) is 6. The largest absolute Gasteiger partial charge is 0.459 e. The quantitative estimate of drug-likeness (QED) is 0.252. The maximum atomic E-state index is 12.1. The molecule has 0 spiro atoms. The first-order chi connectivity index (χ1) is 12.2. The lowest BCUT2D eigenvalue weighted by atomic mass is 9.95. The van der Waals surface area contributed by atoms with Crippen LogP contribution in [0.5, 0.6) is 0 Å². The number of allylic oxidation sites excluding steroid dienone is 3. The Morgan fingerprint density at radius 3 is 2.80 bits per heavy atom. The van der Waals surface area contributed by atoms with E-state index in [4.69, 9.17) is 14.2 Å². The molecule has 1 aliphatic carbocycles. The molecule has 1 aliphatic rings. The first-order valence-electron chi connectivity index (χ1n) is 9.04. The maximum Gasteiger partial charge on any atom is 0.349 e. The summed E-state index contributed by atoms with van der Waals surface area (Å²) in [6.45, 7) is 4.82. The Kier molecular flexibility index (Phi) is 11.4. The standard InChI is InChI=1S/C19H30N2O4/c1-3-4-11-24-12-13-25-19(22)18(15-20)16-7-5-8-17(14-16)21-9-6-10-23-2/h14,21H,3-13H2,1-2H3/b18-16-. The molecule has 0 radical (unpaired) electrons. The van der Waals surface area contributed by atoms with Crippen LogP contribution in [0.2, 0.25) is 0 Å². The molecule has 0 amide bonds. The Labute approximate surface area is 150 Å². The lowest BCUT2D eigenvalue weighted by Gasteiger charge is -2.18. The second kappa shape index (κ2) is 13.5. The molecule has 0 heterocycles. The van der Waals surface area contributed by atoms with Crippen LogP contribution in [-0.4, -0.2) is 46.1 Å². The van der Waals surface area contributed by atoms with E-state index in [1.54, 1.807) is 7.11 Å². The molecule has 0 atom stereocenters. The third-order valence-corrected chi connectivity index (χ3v) is 3.86. The van der Waals surface area contributed by atoms with Crippen molar-refractivity contribution in [2.45, 2.75) is 45.4 Å². The summed E-state index contributed by atoms with van der Waals surface area (Å²) in [4.78, 5) is 12.1. The Hall–Kier alpha value is -1.84. The summed E-state index contributed by atoms with van der Waals surface area (Å²) in [6.07, 6.45) is 7.44. The normalized spacial score (nSPS) is 16.0. The Morgan fingerprint density at radius 2 is 2.08 bits per heavy atom. The van der Waals surface area contributed by atoms with E-state index < -0.39 is 5.97 Å². The molecule has 0 aromatic carbocycles. The summed E-state index contributed by atoms with van der Waals surface area (Å²) in [5.41, 5.74) is 1.91. The van der Waals surface area contributed by atoms with Crippen LogP contribution in [0.4, 0.5) is 0 Å². The second-order valence-corrected chi connectivity index (χ2v) is 5.91. The predicted octanol–water partition coefficient (Wildman–Crippen LogP) is 2.86. The van der Waals surface area contributed by atoms with Crippen LogP contribution >= 0.6 is 0 Å². The van der Waals surface area contributed by atoms with Gasteiger partial charge in [-0.05, 0) is 43.8 Å². The van der Waals surface area contributed by atoms with Crippen LogP contribution in [0.15, 0.2) is 22.9 Å². The Morgan fingerprint density at radius 1 is 1.24 bits per heavy atom. The van der Waals surface area contributed by atoms with E-state index in [1.807, 2.05) is 12.1 Å². The van der Waals surface area contributed by atoms with E-state index in [0.29, 0.717) is 26.2 Å². The molecule has 1 N–H and O–H groups in total. The van der Waals surface area contributed by atoms with Crippen LogP contribution < -0.4 is 5.32 Å². The molecule has 6 nitrogen and oxygen atoms in total. The molecule has 0 aromatic heterocycles. The van der Waals surface area contributed by atoms with Gasteiger partial charge in [-0.2, -0.15) is 5.26 Å². The van der Waals surface area contributed by atoms with Crippen molar-refractivity contribution in [3.05, 3.63) is 22.9 Å². The van der Waals surface area contributed by atoms with Gasteiger partial charge in [0, 0.05) is 32.6 Å². The molecule has 1 rings (SSSR count). The van der Waals surface area contributed by atoms with Crippen molar-refractivity contribution in [1.29, 1.82) is 5.26 Å². The molecule has 0 bridgehead atoms. The number of nitriles is 1. The van der Waals surface area contributed by atoms with Crippen LogP contribution in [0.25, 0.3) is 0 Å². The van der Waals surface area contributed by atoms with E-state index in [0.717, 1.165) is 49.9 Å². The predicted molar refractivity (Wildman–Crippen MR) is 95.8 cm³/mol. The van der Waals surface area contributed by atoms with Gasteiger partial charge in [-0.25, -0.2) is 4.79 Å². The summed E-state index contributed by atoms with van der Waals surface area (Å²) < 4.78 is 15.5. The van der Waals surface area contributed by atoms with Gasteiger partial charge in [0.25, 0.3) is 0 Å². The van der Waals surface area contributed by atoms with E-state index in [2.05, 4.69) is 12.2 Å². The van der Waals surface area contributed by atoms with Gasteiger partial charge in [0.15, 0.2) is 0 Å². The summed E-state index contributed by atoms with van der Waals surface area (Å²) in [7, 11) is 1.68. The SMILES string of the molecule is CCCCOCCOC(=O)/C(C#N)=C1\C=C(NCCCOC)CCC1. The van der Waals surface area contributed by atoms with Gasteiger partial charge < -0.3 is 19.5 Å². The molecular weight excluding hydrogens is 320 g/mol. The number of ether oxygens (including phenoxy) is 3. The number of esters is 1. The molecule has 0 saturated carbocycles. The third kappa shape index (κ3) is 8.71. The van der Waals surface area contributed by atoms with E-state index in [9.17, 15) is 10.1 Å². The van der Waals surface area contributed by atoms with Gasteiger partial charge in [0.1, 0.15) is 18.2 Å². The molecule has 0 aliphatic heterocycles. The minimum absolute atomic E-state index is 0.101. The summed E-state index contributed by atoms with van der Waals surface area (Å²) in [6, 6.07) is 2.00. The van der Waals surface area contributed by atoms with Gasteiger partial charge in [-0.15, -0.1) is 0 Å². The lowest BCUT2D eigenvalue weighted by molar-refractivity contribution is -0.140. The molecular formula is C19H30N2O4. The van der Waals surface area contributed by atoms with Crippen LogP contribution in [0.3, 0.4) is 0 Å². The lowest BCUT2D eigenvalue weighted by Crippen LogP contribution is -2.19. The van der Waals surface area contributed by atoms with Crippen molar-refractivity contribution in [3.63, 3.8) is 0 Å². The molecule has 0 saturated heterocycles. The first-order valence-corrected chi connectivity index (χ1v) is 9.04. The van der Waals surface area contributed by atoms with E-state index >= 15 is 0 Å². The highest BCUT2D eigenvalue weighted by Gasteiger charge is 2.18. The topological polar surface area (TPSA) is 80.6 Å². The average molecular weight is 350 g/mol. The van der Waals surface area contributed by atoms with E-state index in [-0.39, 0.29) is 12.2 Å². The Bertz CT molecular complexity index is 506. The number of nitrogens with zero attached hydrogens (tertiary/aromatic N) is 1. The number of carbonyl (C=O) groups is 1. The average Bonchev–Trinajstić information content (AvgIpc) is 2.63. The number of carbonyl (C=O) groups excluding carboxylic acids is 1. The molecule has 0 aromatic rings. The fourth-order valence-corrected chi connectivity index (χ4v) is 2.49. The van der Waals surface area contributed by atoms with Crippen LogP contribution in [-0.2, 0) is 19.0 Å². The van der Waals surface area contributed by atoms with Crippen molar-refractivity contribution in [2.24, 2.45) is 0 Å². The number of methoxy groups -OCH3 is 1. The first kappa shape index (κ1) is 21.2. The van der Waals surface area contributed by atoms with Crippen molar-refractivity contribution >= 4 is 5.97 Å². The highest BCUT2D eigenvalue weighted by Crippen LogP contribution is 2.24. The smallest absolute Gasteiger partial charge is 0.349 e. The summed E-state index contributed by atoms with van der Waals surface area (Å²) in [5, 5.41) is 12.7. The second-order valence-electron chi connectivity index (χ2n) is 5.91. The zero-order valence-electron chi connectivity index (χ0n) is 15.4. The van der Waals surface area contributed by atoms with Gasteiger partial charge in [-0.3, -0.25) is 0 Å². The molecule has 25 heavy (non-hydrogen) atoms. The Balaban J connectivity index is 2.53. The van der Waals surface area contributed by atoms with E-state index in [1.165, 1.54) is 0 Å².